The number of hydrogen-bond acceptors (Lipinski definition) is 3. The van der Waals surface area contributed by atoms with Gasteiger partial charge in [0.1, 0.15) is 0 Å². The molecule has 84 valence electrons. The monoisotopic (exact) mass is 239 g/mol. The van der Waals surface area contributed by atoms with E-state index in [1.165, 1.54) is 6.07 Å². The molecule has 1 aromatic heterocycles. The molecule has 1 rings (SSSR count). The van der Waals surface area contributed by atoms with Crippen molar-refractivity contribution in [3.8, 4) is 0 Å². The van der Waals surface area contributed by atoms with Gasteiger partial charge in [-0.25, -0.2) is 4.79 Å². The molecular weight excluding hydrogens is 231 g/mol. The summed E-state index contributed by atoms with van der Waals surface area (Å²) in [5.41, 5.74) is 1.62. The van der Waals surface area contributed by atoms with Crippen molar-refractivity contribution in [2.75, 3.05) is 0 Å². The van der Waals surface area contributed by atoms with Crippen molar-refractivity contribution in [1.29, 1.82) is 0 Å². The Balaban J connectivity index is 3.31. The van der Waals surface area contributed by atoms with Gasteiger partial charge in [-0.05, 0) is 19.1 Å². The van der Waals surface area contributed by atoms with Crippen LogP contribution in [0.2, 0.25) is 0 Å². The molecule has 0 saturated carbocycles. The fourth-order valence-electron chi connectivity index (χ4n) is 1.01. The highest BCUT2D eigenvalue weighted by Gasteiger charge is 2.60. The first-order valence-corrected chi connectivity index (χ1v) is 4.67. The lowest BCUT2D eigenvalue weighted by atomic mass is 9.98. The van der Waals surface area contributed by atoms with Crippen LogP contribution >= 0.6 is 11.3 Å². The number of rotatable bonds is 2. The maximum Gasteiger partial charge on any atom is 0.422 e. The van der Waals surface area contributed by atoms with Gasteiger partial charge >= 0.3 is 12.1 Å². The average Bonchev–Trinajstić information content (AvgIpc) is 2.48. The third-order valence-corrected chi connectivity index (χ3v) is 3.05. The van der Waals surface area contributed by atoms with E-state index in [9.17, 15) is 18.0 Å². The lowest BCUT2D eigenvalue weighted by Gasteiger charge is -2.25. The molecule has 3 N–H and O–H groups in total. The average molecular weight is 239 g/mol. The van der Waals surface area contributed by atoms with Gasteiger partial charge in [0.2, 0.25) is 5.54 Å². The second-order valence-electron chi connectivity index (χ2n) is 3.02. The summed E-state index contributed by atoms with van der Waals surface area (Å²) in [5.74, 6) is -2.10. The minimum atomic E-state index is -5.02. The van der Waals surface area contributed by atoms with Crippen LogP contribution in [-0.2, 0) is 10.3 Å². The van der Waals surface area contributed by atoms with Crippen molar-refractivity contribution in [1.82, 2.24) is 0 Å². The lowest BCUT2D eigenvalue weighted by molar-refractivity contribution is -0.204. The number of thiophene rings is 1. The molecule has 15 heavy (non-hydrogen) atoms. The number of carboxylic acid groups (broad SMARTS) is 1. The Morgan fingerprint density at radius 1 is 1.47 bits per heavy atom. The van der Waals surface area contributed by atoms with Crippen molar-refractivity contribution < 1.29 is 23.1 Å². The smallest absolute Gasteiger partial charge is 0.422 e. The molecule has 0 aliphatic heterocycles. The molecule has 1 unspecified atom stereocenters. The van der Waals surface area contributed by atoms with Gasteiger partial charge in [0.25, 0.3) is 0 Å². The quantitative estimate of drug-likeness (QED) is 0.827. The molecule has 1 atom stereocenters. The predicted octanol–water partition coefficient (Wildman–Crippen LogP) is 1.86. The summed E-state index contributed by atoms with van der Waals surface area (Å²) in [6.07, 6.45) is -5.02. The molecule has 0 fully saturated rings. The van der Waals surface area contributed by atoms with Gasteiger partial charge in [-0.15, -0.1) is 11.3 Å². The minimum absolute atomic E-state index is 0.417. The highest BCUT2D eigenvalue weighted by molar-refractivity contribution is 7.12. The minimum Gasteiger partial charge on any atom is -0.479 e. The third kappa shape index (κ3) is 1.84. The van der Waals surface area contributed by atoms with E-state index in [1.807, 2.05) is 0 Å². The molecule has 0 bridgehead atoms. The number of nitrogens with two attached hydrogens (primary N) is 1. The van der Waals surface area contributed by atoms with Crippen LogP contribution in [0.1, 0.15) is 9.75 Å². The van der Waals surface area contributed by atoms with Gasteiger partial charge in [-0.2, -0.15) is 13.2 Å². The van der Waals surface area contributed by atoms with Gasteiger partial charge in [-0.3, -0.25) is 0 Å². The highest BCUT2D eigenvalue weighted by Crippen LogP contribution is 2.39. The van der Waals surface area contributed by atoms with E-state index < -0.39 is 22.6 Å². The van der Waals surface area contributed by atoms with Crippen LogP contribution in [0.15, 0.2) is 12.1 Å². The highest BCUT2D eigenvalue weighted by atomic mass is 32.1. The van der Waals surface area contributed by atoms with Gasteiger partial charge in [0.15, 0.2) is 0 Å². The Morgan fingerprint density at radius 3 is 2.27 bits per heavy atom. The summed E-state index contributed by atoms with van der Waals surface area (Å²) in [7, 11) is 0. The number of alkyl halides is 3. The van der Waals surface area contributed by atoms with Gasteiger partial charge in [-0.1, -0.05) is 0 Å². The molecule has 0 aliphatic carbocycles. The lowest BCUT2D eigenvalue weighted by Crippen LogP contribution is -2.56. The zero-order chi connectivity index (χ0) is 11.9. The Labute approximate surface area is 87.3 Å². The molecule has 1 heterocycles. The molecule has 0 spiro atoms. The Morgan fingerprint density at radius 2 is 2.00 bits per heavy atom. The first-order chi connectivity index (χ1) is 6.69. The summed E-state index contributed by atoms with van der Waals surface area (Å²) in [5, 5.41) is 8.59. The topological polar surface area (TPSA) is 63.3 Å². The maximum atomic E-state index is 12.6. The molecule has 1 aromatic rings. The molecule has 0 aliphatic rings. The number of carboxylic acids is 1. The summed E-state index contributed by atoms with van der Waals surface area (Å²) in [4.78, 5) is 10.8. The van der Waals surface area contributed by atoms with E-state index in [0.29, 0.717) is 4.88 Å². The summed E-state index contributed by atoms with van der Waals surface area (Å²) in [6.45, 7) is 1.58. The summed E-state index contributed by atoms with van der Waals surface area (Å²) >= 11 is 0.724. The normalized spacial score (nSPS) is 16.1. The standard InChI is InChI=1S/C8H8F3NO2S/c1-4-2-3-5(15-4)7(12,6(13)14)8(9,10)11/h2-3H,12H2,1H3,(H,13,14). The van der Waals surface area contributed by atoms with Crippen LogP contribution in [0.4, 0.5) is 13.2 Å². The molecular formula is C8H8F3NO2S. The molecule has 0 saturated heterocycles. The number of halogens is 3. The van der Waals surface area contributed by atoms with Crippen molar-refractivity contribution in [2.45, 2.75) is 18.6 Å². The van der Waals surface area contributed by atoms with E-state index in [1.54, 1.807) is 6.92 Å². The molecule has 0 radical (unpaired) electrons. The zero-order valence-corrected chi connectivity index (χ0v) is 8.45. The van der Waals surface area contributed by atoms with Gasteiger partial charge in [0.05, 0.1) is 0 Å². The van der Waals surface area contributed by atoms with Crippen LogP contribution in [-0.4, -0.2) is 17.3 Å². The molecule has 3 nitrogen and oxygen atoms in total. The molecule has 7 heteroatoms. The first kappa shape index (κ1) is 12.0. The largest absolute Gasteiger partial charge is 0.479 e. The van der Waals surface area contributed by atoms with Crippen molar-refractivity contribution >= 4 is 17.3 Å². The molecule has 0 aromatic carbocycles. The predicted molar refractivity (Wildman–Crippen MR) is 48.6 cm³/mol. The van der Waals surface area contributed by atoms with Crippen LogP contribution in [0, 0.1) is 6.92 Å². The van der Waals surface area contributed by atoms with Crippen LogP contribution in [0.25, 0.3) is 0 Å². The van der Waals surface area contributed by atoms with Crippen molar-refractivity contribution in [3.63, 3.8) is 0 Å². The van der Waals surface area contributed by atoms with E-state index in [4.69, 9.17) is 10.8 Å². The van der Waals surface area contributed by atoms with Crippen LogP contribution in [0.3, 0.4) is 0 Å². The number of carbonyl (C=O) groups is 1. The first-order valence-electron chi connectivity index (χ1n) is 3.85. The maximum absolute atomic E-state index is 12.6. The van der Waals surface area contributed by atoms with Gasteiger partial charge in [0, 0.05) is 9.75 Å². The van der Waals surface area contributed by atoms with E-state index in [0.717, 1.165) is 17.4 Å². The zero-order valence-electron chi connectivity index (χ0n) is 7.63. The second kappa shape index (κ2) is 3.49. The fraction of sp³-hybridized carbons (Fsp3) is 0.375. The van der Waals surface area contributed by atoms with E-state index >= 15 is 0 Å². The number of aryl methyl sites for hydroxylation is 1. The van der Waals surface area contributed by atoms with E-state index in [-0.39, 0.29) is 0 Å². The SMILES string of the molecule is Cc1ccc(C(N)(C(=O)O)C(F)(F)F)s1. The van der Waals surface area contributed by atoms with Crippen LogP contribution in [0.5, 0.6) is 0 Å². The van der Waals surface area contributed by atoms with Crippen LogP contribution < -0.4 is 5.73 Å². The number of aliphatic carboxylic acids is 1. The number of hydrogen-bond donors (Lipinski definition) is 2. The van der Waals surface area contributed by atoms with Crippen molar-refractivity contribution in [3.05, 3.63) is 21.9 Å². The molecule has 0 amide bonds. The fourth-order valence-corrected chi connectivity index (χ4v) is 2.00. The Hall–Kier alpha value is -1.08. The van der Waals surface area contributed by atoms with Crippen molar-refractivity contribution in [2.24, 2.45) is 5.73 Å². The summed E-state index contributed by atoms with van der Waals surface area (Å²) in [6, 6.07) is 2.48. The Bertz CT molecular complexity index is 387. The Kier molecular flexibility index (Phi) is 2.79. The van der Waals surface area contributed by atoms with Gasteiger partial charge < -0.3 is 10.8 Å². The summed E-state index contributed by atoms with van der Waals surface area (Å²) < 4.78 is 37.7. The van der Waals surface area contributed by atoms with E-state index in [2.05, 4.69) is 0 Å². The second-order valence-corrected chi connectivity index (χ2v) is 4.31. The third-order valence-electron chi connectivity index (χ3n) is 1.91.